The number of aryl methyl sites for hydroxylation is 1. The molecule has 0 unspecified atom stereocenters. The Labute approximate surface area is 124 Å². The van der Waals surface area contributed by atoms with Crippen LogP contribution < -0.4 is 11.1 Å². The molecule has 0 aromatic heterocycles. The standard InChI is InChI=1S/C14H12BrClN2O/c1-8-2-5-13(11(16)6-8)18-14(19)9-3-4-10(15)12(17)7-9/h2-7H,17H2,1H3,(H,18,19). The molecule has 19 heavy (non-hydrogen) atoms. The summed E-state index contributed by atoms with van der Waals surface area (Å²) in [6, 6.07) is 10.5. The third-order valence-corrected chi connectivity index (χ3v) is 3.67. The van der Waals surface area contributed by atoms with E-state index in [1.807, 2.05) is 13.0 Å². The number of amides is 1. The third kappa shape index (κ3) is 3.28. The van der Waals surface area contributed by atoms with Crippen molar-refractivity contribution in [2.75, 3.05) is 11.1 Å². The van der Waals surface area contributed by atoms with Gasteiger partial charge in [0.15, 0.2) is 0 Å². The predicted molar refractivity (Wildman–Crippen MR) is 82.7 cm³/mol. The Morgan fingerprint density at radius 3 is 2.63 bits per heavy atom. The summed E-state index contributed by atoms with van der Waals surface area (Å²) in [7, 11) is 0. The van der Waals surface area contributed by atoms with Gasteiger partial charge in [-0.05, 0) is 58.7 Å². The quantitative estimate of drug-likeness (QED) is 0.804. The fourth-order valence-corrected chi connectivity index (χ4v) is 2.13. The van der Waals surface area contributed by atoms with Crippen LogP contribution in [-0.4, -0.2) is 5.91 Å². The second-order valence-electron chi connectivity index (χ2n) is 4.17. The van der Waals surface area contributed by atoms with Crippen LogP contribution in [0, 0.1) is 6.92 Å². The topological polar surface area (TPSA) is 55.1 Å². The van der Waals surface area contributed by atoms with Crippen molar-refractivity contribution >= 4 is 44.8 Å². The molecule has 0 radical (unpaired) electrons. The minimum Gasteiger partial charge on any atom is -0.398 e. The fraction of sp³-hybridized carbons (Fsp3) is 0.0714. The minimum atomic E-state index is -0.245. The largest absolute Gasteiger partial charge is 0.398 e. The number of anilines is 2. The molecule has 98 valence electrons. The van der Waals surface area contributed by atoms with Crippen molar-refractivity contribution in [3.8, 4) is 0 Å². The van der Waals surface area contributed by atoms with E-state index in [9.17, 15) is 4.79 Å². The zero-order chi connectivity index (χ0) is 14.0. The number of nitrogens with two attached hydrogens (primary N) is 1. The zero-order valence-corrected chi connectivity index (χ0v) is 12.5. The summed E-state index contributed by atoms with van der Waals surface area (Å²) in [5.41, 5.74) is 8.37. The van der Waals surface area contributed by atoms with Gasteiger partial charge in [0.1, 0.15) is 0 Å². The number of nitrogens with one attached hydrogen (secondary N) is 1. The van der Waals surface area contributed by atoms with Gasteiger partial charge in [-0.3, -0.25) is 4.79 Å². The van der Waals surface area contributed by atoms with Crippen LogP contribution in [0.3, 0.4) is 0 Å². The van der Waals surface area contributed by atoms with Gasteiger partial charge in [-0.1, -0.05) is 17.7 Å². The van der Waals surface area contributed by atoms with Crippen LogP contribution in [0.5, 0.6) is 0 Å². The van der Waals surface area contributed by atoms with E-state index < -0.39 is 0 Å². The number of rotatable bonds is 2. The van der Waals surface area contributed by atoms with Crippen molar-refractivity contribution in [3.05, 3.63) is 57.0 Å². The Balaban J connectivity index is 2.23. The van der Waals surface area contributed by atoms with Gasteiger partial charge in [0.2, 0.25) is 0 Å². The lowest BCUT2D eigenvalue weighted by atomic mass is 10.1. The number of hydrogen-bond donors (Lipinski definition) is 2. The molecule has 0 aliphatic rings. The van der Waals surface area contributed by atoms with E-state index >= 15 is 0 Å². The Kier molecular flexibility index (Phi) is 4.12. The molecule has 3 nitrogen and oxygen atoms in total. The normalized spacial score (nSPS) is 10.3. The van der Waals surface area contributed by atoms with E-state index in [-0.39, 0.29) is 5.91 Å². The van der Waals surface area contributed by atoms with Crippen LogP contribution in [0.2, 0.25) is 5.02 Å². The molecule has 1 amide bonds. The van der Waals surface area contributed by atoms with E-state index in [2.05, 4.69) is 21.2 Å². The lowest BCUT2D eigenvalue weighted by Gasteiger charge is -2.09. The molecule has 0 aliphatic carbocycles. The first kappa shape index (κ1) is 13.9. The van der Waals surface area contributed by atoms with Crippen LogP contribution in [0.25, 0.3) is 0 Å². The van der Waals surface area contributed by atoms with Crippen LogP contribution >= 0.6 is 27.5 Å². The van der Waals surface area contributed by atoms with Gasteiger partial charge >= 0.3 is 0 Å². The average molecular weight is 340 g/mol. The van der Waals surface area contributed by atoms with Gasteiger partial charge < -0.3 is 11.1 Å². The van der Waals surface area contributed by atoms with Gasteiger partial charge in [-0.2, -0.15) is 0 Å². The van der Waals surface area contributed by atoms with Crippen molar-refractivity contribution in [3.63, 3.8) is 0 Å². The molecule has 0 fully saturated rings. The van der Waals surface area contributed by atoms with E-state index in [1.54, 1.807) is 30.3 Å². The Morgan fingerprint density at radius 1 is 1.26 bits per heavy atom. The number of nitrogen functional groups attached to an aromatic ring is 1. The highest BCUT2D eigenvalue weighted by atomic mass is 79.9. The van der Waals surface area contributed by atoms with E-state index in [1.165, 1.54) is 0 Å². The van der Waals surface area contributed by atoms with Crippen molar-refractivity contribution in [1.29, 1.82) is 0 Å². The lowest BCUT2D eigenvalue weighted by Crippen LogP contribution is -2.12. The highest BCUT2D eigenvalue weighted by molar-refractivity contribution is 9.10. The second-order valence-corrected chi connectivity index (χ2v) is 5.44. The number of hydrogen-bond acceptors (Lipinski definition) is 2. The minimum absolute atomic E-state index is 0.245. The van der Waals surface area contributed by atoms with Crippen molar-refractivity contribution < 1.29 is 4.79 Å². The van der Waals surface area contributed by atoms with Crippen molar-refractivity contribution in [2.24, 2.45) is 0 Å². The summed E-state index contributed by atoms with van der Waals surface area (Å²) in [6.45, 7) is 1.94. The first-order valence-electron chi connectivity index (χ1n) is 5.60. The molecule has 0 saturated carbocycles. The van der Waals surface area contributed by atoms with Crippen LogP contribution in [0.15, 0.2) is 40.9 Å². The molecule has 2 aromatic rings. The third-order valence-electron chi connectivity index (χ3n) is 2.63. The maximum absolute atomic E-state index is 12.1. The summed E-state index contributed by atoms with van der Waals surface area (Å²) < 4.78 is 0.761. The Bertz CT molecular complexity index is 643. The summed E-state index contributed by atoms with van der Waals surface area (Å²) in [5.74, 6) is -0.245. The van der Waals surface area contributed by atoms with Gasteiger partial charge in [-0.15, -0.1) is 0 Å². The SMILES string of the molecule is Cc1ccc(NC(=O)c2ccc(Br)c(N)c2)c(Cl)c1. The monoisotopic (exact) mass is 338 g/mol. The van der Waals surface area contributed by atoms with Gasteiger partial charge in [0.25, 0.3) is 5.91 Å². The van der Waals surface area contributed by atoms with Gasteiger partial charge in [0, 0.05) is 15.7 Å². The van der Waals surface area contributed by atoms with Crippen molar-refractivity contribution in [1.82, 2.24) is 0 Å². The summed E-state index contributed by atoms with van der Waals surface area (Å²) in [4.78, 5) is 12.1. The van der Waals surface area contributed by atoms with E-state index in [4.69, 9.17) is 17.3 Å². The smallest absolute Gasteiger partial charge is 0.255 e. The van der Waals surface area contributed by atoms with Crippen LogP contribution in [0.1, 0.15) is 15.9 Å². The molecule has 0 saturated heterocycles. The Hall–Kier alpha value is -1.52. The molecule has 0 atom stereocenters. The molecular weight excluding hydrogens is 328 g/mol. The number of carbonyl (C=O) groups is 1. The molecule has 2 aromatic carbocycles. The number of halogens is 2. The average Bonchev–Trinajstić information content (AvgIpc) is 2.36. The second kappa shape index (κ2) is 5.63. The summed E-state index contributed by atoms with van der Waals surface area (Å²) in [5, 5.41) is 3.27. The molecule has 3 N–H and O–H groups in total. The van der Waals surface area contributed by atoms with Crippen LogP contribution in [0.4, 0.5) is 11.4 Å². The van der Waals surface area contributed by atoms with Gasteiger partial charge in [0.05, 0.1) is 10.7 Å². The molecular formula is C14H12BrClN2O. The predicted octanol–water partition coefficient (Wildman–Crippen LogP) is 4.25. The van der Waals surface area contributed by atoms with E-state index in [0.717, 1.165) is 10.0 Å². The highest BCUT2D eigenvalue weighted by Gasteiger charge is 2.09. The van der Waals surface area contributed by atoms with Crippen LogP contribution in [-0.2, 0) is 0 Å². The number of benzene rings is 2. The lowest BCUT2D eigenvalue weighted by molar-refractivity contribution is 0.102. The molecule has 2 rings (SSSR count). The highest BCUT2D eigenvalue weighted by Crippen LogP contribution is 2.24. The maximum Gasteiger partial charge on any atom is 0.255 e. The fourth-order valence-electron chi connectivity index (χ4n) is 1.60. The summed E-state index contributed by atoms with van der Waals surface area (Å²) >= 11 is 9.36. The van der Waals surface area contributed by atoms with Crippen molar-refractivity contribution in [2.45, 2.75) is 6.92 Å². The summed E-state index contributed by atoms with van der Waals surface area (Å²) in [6.07, 6.45) is 0. The first-order chi connectivity index (χ1) is 8.97. The van der Waals surface area contributed by atoms with E-state index in [0.29, 0.717) is 22.0 Å². The number of carbonyl (C=O) groups excluding carboxylic acids is 1. The van der Waals surface area contributed by atoms with Gasteiger partial charge in [-0.25, -0.2) is 0 Å². The molecule has 0 heterocycles. The molecule has 0 bridgehead atoms. The molecule has 0 aliphatic heterocycles. The molecule has 5 heteroatoms. The molecule has 0 spiro atoms. The Morgan fingerprint density at radius 2 is 2.00 bits per heavy atom. The zero-order valence-electron chi connectivity index (χ0n) is 10.2. The maximum atomic E-state index is 12.1. The first-order valence-corrected chi connectivity index (χ1v) is 6.77.